The number of carbonyl (C=O) groups is 1. The van der Waals surface area contributed by atoms with Crippen molar-refractivity contribution in [2.45, 2.75) is 31.2 Å². The number of halogens is 3. The Morgan fingerprint density at radius 1 is 1.29 bits per heavy atom. The van der Waals surface area contributed by atoms with E-state index in [4.69, 9.17) is 4.74 Å². The number of fused-ring (bicyclic) bond motifs is 2. The summed E-state index contributed by atoms with van der Waals surface area (Å²) in [7, 11) is 0. The quantitative estimate of drug-likeness (QED) is 0.796. The van der Waals surface area contributed by atoms with Crippen LogP contribution in [-0.2, 0) is 9.53 Å². The number of rotatable bonds is 3. The normalized spacial score (nSPS) is 28.5. The van der Waals surface area contributed by atoms with E-state index < -0.39 is 12.7 Å². The molecule has 0 aromatic carbocycles. The fourth-order valence-corrected chi connectivity index (χ4v) is 2.24. The van der Waals surface area contributed by atoms with Crippen LogP contribution in [0.5, 0.6) is 0 Å². The largest absolute Gasteiger partial charge is 0.401 e. The molecule has 0 aromatic rings. The first-order valence-electron chi connectivity index (χ1n) is 5.65. The van der Waals surface area contributed by atoms with Crippen LogP contribution < -0.4 is 5.32 Å². The molecule has 2 aliphatic heterocycles. The Morgan fingerprint density at radius 3 is 2.41 bits per heavy atom. The second kappa shape index (κ2) is 4.81. The van der Waals surface area contributed by atoms with Gasteiger partial charge in [0.2, 0.25) is 5.91 Å². The van der Waals surface area contributed by atoms with Gasteiger partial charge in [-0.15, -0.1) is 0 Å². The van der Waals surface area contributed by atoms with Crippen molar-refractivity contribution in [1.82, 2.24) is 10.2 Å². The number of nitrogens with zero attached hydrogens (tertiary/aromatic N) is 1. The summed E-state index contributed by atoms with van der Waals surface area (Å²) in [5, 5.41) is 2.12. The van der Waals surface area contributed by atoms with E-state index in [9.17, 15) is 18.0 Å². The molecule has 2 aliphatic rings. The zero-order valence-corrected chi connectivity index (χ0v) is 9.29. The topological polar surface area (TPSA) is 41.6 Å². The molecule has 1 amide bonds. The smallest absolute Gasteiger partial charge is 0.371 e. The number of amides is 1. The monoisotopic (exact) mass is 252 g/mol. The second-order valence-corrected chi connectivity index (χ2v) is 4.47. The zero-order chi connectivity index (χ0) is 12.5. The minimum atomic E-state index is -4.27. The van der Waals surface area contributed by atoms with Gasteiger partial charge in [0.05, 0.1) is 25.3 Å². The van der Waals surface area contributed by atoms with Gasteiger partial charge in [0, 0.05) is 13.1 Å². The average Bonchev–Trinajstić information content (AvgIpc) is 2.55. The first-order valence-corrected chi connectivity index (χ1v) is 5.65. The fraction of sp³-hybridized carbons (Fsp3) is 0.900. The van der Waals surface area contributed by atoms with Gasteiger partial charge >= 0.3 is 6.18 Å². The van der Waals surface area contributed by atoms with E-state index in [1.807, 2.05) is 0 Å². The highest BCUT2D eigenvalue weighted by atomic mass is 19.4. The van der Waals surface area contributed by atoms with Crippen molar-refractivity contribution in [2.24, 2.45) is 0 Å². The molecule has 2 rings (SSSR count). The summed E-state index contributed by atoms with van der Waals surface area (Å²) >= 11 is 0. The highest BCUT2D eigenvalue weighted by Crippen LogP contribution is 2.26. The van der Waals surface area contributed by atoms with E-state index in [2.05, 4.69) is 5.32 Å². The minimum Gasteiger partial charge on any atom is -0.371 e. The van der Waals surface area contributed by atoms with E-state index in [-0.39, 0.29) is 24.7 Å². The maximum atomic E-state index is 11.9. The summed E-state index contributed by atoms with van der Waals surface area (Å²) in [5.74, 6) is -0.283. The van der Waals surface area contributed by atoms with Crippen molar-refractivity contribution in [1.29, 1.82) is 0 Å². The zero-order valence-electron chi connectivity index (χ0n) is 9.29. The molecule has 98 valence electrons. The van der Waals surface area contributed by atoms with Crippen LogP contribution in [0.2, 0.25) is 0 Å². The third-order valence-electron chi connectivity index (χ3n) is 3.00. The summed E-state index contributed by atoms with van der Waals surface area (Å²) in [6, 6.07) is 0. The maximum Gasteiger partial charge on any atom is 0.401 e. The molecule has 2 unspecified atom stereocenters. The molecule has 0 aromatic heterocycles. The molecule has 2 fully saturated rings. The van der Waals surface area contributed by atoms with Crippen molar-refractivity contribution in [2.75, 3.05) is 26.2 Å². The van der Waals surface area contributed by atoms with E-state index in [0.717, 1.165) is 12.8 Å². The fourth-order valence-electron chi connectivity index (χ4n) is 2.24. The lowest BCUT2D eigenvalue weighted by molar-refractivity contribution is -0.141. The van der Waals surface area contributed by atoms with Crippen molar-refractivity contribution in [3.63, 3.8) is 0 Å². The summed E-state index contributed by atoms with van der Waals surface area (Å²) in [5.41, 5.74) is 0. The van der Waals surface area contributed by atoms with Crippen LogP contribution in [0.25, 0.3) is 0 Å². The van der Waals surface area contributed by atoms with Crippen molar-refractivity contribution >= 4 is 5.91 Å². The summed E-state index contributed by atoms with van der Waals surface area (Å²) in [6.07, 6.45) is -2.26. The Hall–Kier alpha value is -0.820. The number of nitrogens with one attached hydrogen (secondary N) is 1. The molecular formula is C10H15F3N2O2. The first kappa shape index (κ1) is 12.6. The molecule has 1 N–H and O–H groups in total. The van der Waals surface area contributed by atoms with Crippen LogP contribution in [0.15, 0.2) is 0 Å². The van der Waals surface area contributed by atoms with Gasteiger partial charge in [-0.25, -0.2) is 0 Å². The molecule has 0 aliphatic carbocycles. The Balaban J connectivity index is 1.73. The van der Waals surface area contributed by atoms with Gasteiger partial charge < -0.3 is 15.0 Å². The molecule has 2 heterocycles. The van der Waals surface area contributed by atoms with Crippen LogP contribution in [0.3, 0.4) is 0 Å². The van der Waals surface area contributed by atoms with E-state index in [1.165, 1.54) is 0 Å². The van der Waals surface area contributed by atoms with Crippen molar-refractivity contribution in [3.05, 3.63) is 0 Å². The second-order valence-electron chi connectivity index (χ2n) is 4.47. The number of hydrogen-bond acceptors (Lipinski definition) is 3. The molecule has 4 nitrogen and oxygen atoms in total. The molecular weight excluding hydrogens is 237 g/mol. The standard InChI is InChI=1S/C10H15F3N2O2/c11-10(12,13)6-14-3-9(16)15-4-7-1-2-8(5-15)17-7/h7-8,14H,1-6H2. The maximum absolute atomic E-state index is 11.9. The highest BCUT2D eigenvalue weighted by molar-refractivity contribution is 5.78. The number of alkyl halides is 3. The van der Waals surface area contributed by atoms with Crippen LogP contribution in [0.1, 0.15) is 12.8 Å². The Morgan fingerprint density at radius 2 is 1.88 bits per heavy atom. The average molecular weight is 252 g/mol. The third kappa shape index (κ3) is 3.57. The number of ether oxygens (including phenoxy) is 1. The first-order chi connectivity index (χ1) is 7.94. The highest BCUT2D eigenvalue weighted by Gasteiger charge is 2.35. The van der Waals surface area contributed by atoms with Crippen LogP contribution in [0, 0.1) is 0 Å². The SMILES string of the molecule is O=C(CNCC(F)(F)F)N1CC2CCC(C1)O2. The Labute approximate surface area is 97.1 Å². The van der Waals surface area contributed by atoms with E-state index in [0.29, 0.717) is 13.1 Å². The van der Waals surface area contributed by atoms with Gasteiger partial charge in [0.15, 0.2) is 0 Å². The van der Waals surface area contributed by atoms with Gasteiger partial charge in [0.1, 0.15) is 0 Å². The molecule has 0 radical (unpaired) electrons. The van der Waals surface area contributed by atoms with Gasteiger partial charge in [0.25, 0.3) is 0 Å². The molecule has 2 bridgehead atoms. The van der Waals surface area contributed by atoms with Crippen LogP contribution in [0.4, 0.5) is 13.2 Å². The summed E-state index contributed by atoms with van der Waals surface area (Å²) < 4.78 is 41.2. The third-order valence-corrected chi connectivity index (χ3v) is 3.00. The van der Waals surface area contributed by atoms with Gasteiger partial charge in [-0.1, -0.05) is 0 Å². The van der Waals surface area contributed by atoms with Crippen molar-refractivity contribution in [3.8, 4) is 0 Å². The Bertz CT molecular complexity index is 284. The molecule has 17 heavy (non-hydrogen) atoms. The number of hydrogen-bond donors (Lipinski definition) is 1. The predicted octanol–water partition coefficient (Wildman–Crippen LogP) is 0.528. The number of morpholine rings is 1. The van der Waals surface area contributed by atoms with Gasteiger partial charge in [-0.05, 0) is 12.8 Å². The lowest BCUT2D eigenvalue weighted by Crippen LogP contribution is -2.49. The van der Waals surface area contributed by atoms with Gasteiger partial charge in [-0.2, -0.15) is 13.2 Å². The lowest BCUT2D eigenvalue weighted by Gasteiger charge is -2.32. The Kier molecular flexibility index (Phi) is 3.58. The van der Waals surface area contributed by atoms with Gasteiger partial charge in [-0.3, -0.25) is 4.79 Å². The minimum absolute atomic E-state index is 0.0697. The van der Waals surface area contributed by atoms with E-state index in [1.54, 1.807) is 4.90 Å². The molecule has 0 spiro atoms. The van der Waals surface area contributed by atoms with E-state index >= 15 is 0 Å². The lowest BCUT2D eigenvalue weighted by atomic mass is 10.2. The predicted molar refractivity (Wildman–Crippen MR) is 53.4 cm³/mol. The summed E-state index contributed by atoms with van der Waals surface area (Å²) in [6.45, 7) is -0.388. The van der Waals surface area contributed by atoms with Crippen LogP contribution >= 0.6 is 0 Å². The van der Waals surface area contributed by atoms with Crippen molar-refractivity contribution < 1.29 is 22.7 Å². The summed E-state index contributed by atoms with van der Waals surface area (Å²) in [4.78, 5) is 13.2. The number of carbonyl (C=O) groups excluding carboxylic acids is 1. The molecule has 0 saturated carbocycles. The molecule has 2 saturated heterocycles. The number of likely N-dealkylation sites (tertiary alicyclic amines) is 1. The molecule has 7 heteroatoms. The van der Waals surface area contributed by atoms with Crippen LogP contribution in [-0.4, -0.2) is 55.4 Å². The molecule has 2 atom stereocenters.